The molecule has 0 aromatic carbocycles. The van der Waals surface area contributed by atoms with Crippen LogP contribution in [0.4, 0.5) is 5.13 Å². The molecule has 0 radical (unpaired) electrons. The van der Waals surface area contributed by atoms with Gasteiger partial charge in [-0.25, -0.2) is 4.98 Å². The number of rotatable bonds is 5. The number of aromatic nitrogens is 1. The first-order valence-electron chi connectivity index (χ1n) is 6.48. The second-order valence-corrected chi connectivity index (χ2v) is 5.62. The molecule has 1 aliphatic rings. The Morgan fingerprint density at radius 2 is 2.42 bits per heavy atom. The molecule has 19 heavy (non-hydrogen) atoms. The molecule has 0 amide bonds. The van der Waals surface area contributed by atoms with Crippen molar-refractivity contribution >= 4 is 22.4 Å². The number of ether oxygens (including phenoxy) is 2. The zero-order valence-electron chi connectivity index (χ0n) is 11.4. The molecule has 1 unspecified atom stereocenters. The lowest BCUT2D eigenvalue weighted by molar-refractivity contribution is -0.139. The number of anilines is 1. The molecule has 6 heteroatoms. The van der Waals surface area contributed by atoms with Crippen LogP contribution in [0.15, 0.2) is 5.38 Å². The molecule has 1 aliphatic heterocycles. The van der Waals surface area contributed by atoms with Crippen molar-refractivity contribution in [1.29, 1.82) is 0 Å². The van der Waals surface area contributed by atoms with Crippen LogP contribution in [0.2, 0.25) is 0 Å². The number of piperidine rings is 1. The molecule has 0 saturated carbocycles. The zero-order chi connectivity index (χ0) is 13.7. The largest absolute Gasteiger partial charge is 0.469 e. The van der Waals surface area contributed by atoms with E-state index in [2.05, 4.69) is 14.6 Å². The van der Waals surface area contributed by atoms with Crippen LogP contribution >= 0.6 is 11.3 Å². The van der Waals surface area contributed by atoms with Gasteiger partial charge in [-0.3, -0.25) is 4.79 Å². The second kappa shape index (κ2) is 6.86. The van der Waals surface area contributed by atoms with Crippen LogP contribution in [0.25, 0.3) is 0 Å². The average molecular weight is 284 g/mol. The van der Waals surface area contributed by atoms with Gasteiger partial charge in [0.25, 0.3) is 0 Å². The Balaban J connectivity index is 1.95. The van der Waals surface area contributed by atoms with Crippen LogP contribution in [0.5, 0.6) is 0 Å². The van der Waals surface area contributed by atoms with E-state index in [0.717, 1.165) is 30.5 Å². The van der Waals surface area contributed by atoms with Crippen molar-refractivity contribution < 1.29 is 14.3 Å². The third-order valence-electron chi connectivity index (χ3n) is 3.28. The minimum absolute atomic E-state index is 0.243. The van der Waals surface area contributed by atoms with Crippen LogP contribution < -0.4 is 4.90 Å². The van der Waals surface area contributed by atoms with Gasteiger partial charge in [-0.15, -0.1) is 11.3 Å². The maximum Gasteiger partial charge on any atom is 0.311 e. The molecule has 1 saturated heterocycles. The van der Waals surface area contributed by atoms with Gasteiger partial charge in [0, 0.05) is 25.6 Å². The molecule has 2 rings (SSSR count). The Hall–Kier alpha value is -1.14. The average Bonchev–Trinajstić information content (AvgIpc) is 2.88. The first kappa shape index (κ1) is 14.3. The molecular formula is C13H20N2O3S. The Kier molecular flexibility index (Phi) is 5.15. The molecule has 1 aromatic heterocycles. The highest BCUT2D eigenvalue weighted by Crippen LogP contribution is 2.26. The molecular weight excluding hydrogens is 264 g/mol. The quantitative estimate of drug-likeness (QED) is 0.771. The smallest absolute Gasteiger partial charge is 0.311 e. The summed E-state index contributed by atoms with van der Waals surface area (Å²) in [6, 6.07) is 0. The maximum absolute atomic E-state index is 11.2. The third-order valence-corrected chi connectivity index (χ3v) is 4.23. The van der Waals surface area contributed by atoms with Crippen molar-refractivity contribution in [2.45, 2.75) is 19.3 Å². The Morgan fingerprint density at radius 1 is 1.58 bits per heavy atom. The minimum Gasteiger partial charge on any atom is -0.469 e. The number of esters is 1. The van der Waals surface area contributed by atoms with E-state index < -0.39 is 0 Å². The molecule has 2 heterocycles. The summed E-state index contributed by atoms with van der Waals surface area (Å²) in [5, 5.41) is 2.94. The maximum atomic E-state index is 11.2. The monoisotopic (exact) mass is 284 g/mol. The van der Waals surface area contributed by atoms with E-state index in [1.165, 1.54) is 20.0 Å². The molecule has 1 atom stereocenters. The lowest BCUT2D eigenvalue weighted by atomic mass is 9.99. The number of methoxy groups -OCH3 is 2. The van der Waals surface area contributed by atoms with E-state index in [1.807, 2.05) is 5.38 Å². The molecule has 5 nitrogen and oxygen atoms in total. The predicted molar refractivity (Wildman–Crippen MR) is 74.6 cm³/mol. The van der Waals surface area contributed by atoms with Gasteiger partial charge in [-0.1, -0.05) is 0 Å². The highest BCUT2D eigenvalue weighted by atomic mass is 32.1. The van der Waals surface area contributed by atoms with Gasteiger partial charge in [0.15, 0.2) is 5.13 Å². The first-order valence-corrected chi connectivity index (χ1v) is 7.36. The standard InChI is InChI=1S/C13H20N2O3S/c1-17-8-10-4-3-5-15(7-10)13-14-11(9-19-13)6-12(16)18-2/h9-10H,3-8H2,1-2H3. The number of nitrogens with zero attached hydrogens (tertiary/aromatic N) is 2. The molecule has 0 bridgehead atoms. The molecule has 0 N–H and O–H groups in total. The SMILES string of the molecule is COCC1CCCN(c2nc(CC(=O)OC)cs2)C1. The van der Waals surface area contributed by atoms with E-state index >= 15 is 0 Å². The number of hydrogen-bond acceptors (Lipinski definition) is 6. The summed E-state index contributed by atoms with van der Waals surface area (Å²) in [5.74, 6) is 0.333. The summed E-state index contributed by atoms with van der Waals surface area (Å²) in [6.45, 7) is 2.82. The fourth-order valence-electron chi connectivity index (χ4n) is 2.35. The zero-order valence-corrected chi connectivity index (χ0v) is 12.2. The number of thiazole rings is 1. The summed E-state index contributed by atoms with van der Waals surface area (Å²) in [7, 11) is 3.15. The Bertz CT molecular complexity index is 420. The highest BCUT2D eigenvalue weighted by Gasteiger charge is 2.22. The van der Waals surface area contributed by atoms with Crippen LogP contribution in [0.1, 0.15) is 18.5 Å². The van der Waals surface area contributed by atoms with Gasteiger partial charge >= 0.3 is 5.97 Å². The molecule has 0 spiro atoms. The highest BCUT2D eigenvalue weighted by molar-refractivity contribution is 7.13. The van der Waals surface area contributed by atoms with Gasteiger partial charge in [-0.2, -0.15) is 0 Å². The molecule has 0 aliphatic carbocycles. The summed E-state index contributed by atoms with van der Waals surface area (Å²) >= 11 is 1.59. The lowest BCUT2D eigenvalue weighted by Gasteiger charge is -2.32. The van der Waals surface area contributed by atoms with Gasteiger partial charge in [0.1, 0.15) is 0 Å². The predicted octanol–water partition coefficient (Wildman–Crippen LogP) is 1.72. The fraction of sp³-hybridized carbons (Fsp3) is 0.692. The van der Waals surface area contributed by atoms with Crippen LogP contribution in [-0.2, 0) is 20.7 Å². The fourth-order valence-corrected chi connectivity index (χ4v) is 3.22. The normalized spacial score (nSPS) is 19.5. The first-order chi connectivity index (χ1) is 9.22. The summed E-state index contributed by atoms with van der Waals surface area (Å²) in [6.07, 6.45) is 2.63. The van der Waals surface area contributed by atoms with Crippen molar-refractivity contribution in [2.24, 2.45) is 5.92 Å². The molecule has 1 fully saturated rings. The van der Waals surface area contributed by atoms with Gasteiger partial charge < -0.3 is 14.4 Å². The van der Waals surface area contributed by atoms with Crippen LogP contribution in [-0.4, -0.2) is 44.9 Å². The van der Waals surface area contributed by atoms with E-state index in [1.54, 1.807) is 18.4 Å². The van der Waals surface area contributed by atoms with Crippen molar-refractivity contribution in [3.63, 3.8) is 0 Å². The summed E-state index contributed by atoms with van der Waals surface area (Å²) in [4.78, 5) is 18.0. The van der Waals surface area contributed by atoms with Gasteiger partial charge in [0.2, 0.25) is 0 Å². The van der Waals surface area contributed by atoms with Crippen molar-refractivity contribution in [3.05, 3.63) is 11.1 Å². The van der Waals surface area contributed by atoms with E-state index in [4.69, 9.17) is 4.74 Å². The van der Waals surface area contributed by atoms with E-state index in [-0.39, 0.29) is 12.4 Å². The van der Waals surface area contributed by atoms with E-state index in [9.17, 15) is 4.79 Å². The number of hydrogen-bond donors (Lipinski definition) is 0. The third kappa shape index (κ3) is 3.91. The van der Waals surface area contributed by atoms with Crippen LogP contribution in [0.3, 0.4) is 0 Å². The van der Waals surface area contributed by atoms with Crippen molar-refractivity contribution in [3.8, 4) is 0 Å². The Morgan fingerprint density at radius 3 is 3.16 bits per heavy atom. The van der Waals surface area contributed by atoms with E-state index in [0.29, 0.717) is 5.92 Å². The van der Waals surface area contributed by atoms with Crippen molar-refractivity contribution in [1.82, 2.24) is 4.98 Å². The second-order valence-electron chi connectivity index (χ2n) is 4.78. The molecule has 1 aromatic rings. The van der Waals surface area contributed by atoms with Gasteiger partial charge in [-0.05, 0) is 18.8 Å². The summed E-state index contributed by atoms with van der Waals surface area (Å²) in [5.41, 5.74) is 0.792. The minimum atomic E-state index is -0.243. The van der Waals surface area contributed by atoms with Crippen LogP contribution in [0, 0.1) is 5.92 Å². The Labute approximate surface area is 117 Å². The topological polar surface area (TPSA) is 51.7 Å². The number of carbonyl (C=O) groups is 1. The molecule has 106 valence electrons. The lowest BCUT2D eigenvalue weighted by Crippen LogP contribution is -2.37. The van der Waals surface area contributed by atoms with Gasteiger partial charge in [0.05, 0.1) is 25.8 Å². The number of carbonyl (C=O) groups excluding carboxylic acids is 1. The van der Waals surface area contributed by atoms with Crippen molar-refractivity contribution in [2.75, 3.05) is 38.8 Å². The summed E-state index contributed by atoms with van der Waals surface area (Å²) < 4.78 is 9.89.